The molecule has 2 aliphatic rings. The highest BCUT2D eigenvalue weighted by Gasteiger charge is 2.37. The molecule has 0 aromatic rings. The van der Waals surface area contributed by atoms with Gasteiger partial charge in [-0.05, 0) is 33.4 Å². The third-order valence-corrected chi connectivity index (χ3v) is 3.82. The fourth-order valence-corrected chi connectivity index (χ4v) is 2.94. The van der Waals surface area contributed by atoms with Crippen LogP contribution in [0.4, 0.5) is 0 Å². The largest absolute Gasteiger partial charge is 0.391 e. The van der Waals surface area contributed by atoms with E-state index in [2.05, 4.69) is 4.90 Å². The van der Waals surface area contributed by atoms with E-state index in [1.807, 2.05) is 19.0 Å². The lowest BCUT2D eigenvalue weighted by Crippen LogP contribution is -2.45. The summed E-state index contributed by atoms with van der Waals surface area (Å²) in [6.07, 6.45) is 1.98. The lowest BCUT2D eigenvalue weighted by Gasteiger charge is -2.31. The number of carbonyl (C=O) groups excluding carboxylic acids is 1. The summed E-state index contributed by atoms with van der Waals surface area (Å²) < 4.78 is 5.30. The van der Waals surface area contributed by atoms with Gasteiger partial charge in [-0.15, -0.1) is 0 Å². The number of β-amino-alcohol motifs (C(OH)–C–C–N with tert-alkyl or cyclic N) is 1. The highest BCUT2D eigenvalue weighted by Crippen LogP contribution is 2.25. The molecule has 2 unspecified atom stereocenters. The molecule has 2 rings (SSSR count). The molecule has 18 heavy (non-hydrogen) atoms. The van der Waals surface area contributed by atoms with Crippen LogP contribution in [0, 0.1) is 5.92 Å². The molecule has 2 heterocycles. The van der Waals surface area contributed by atoms with Crippen LogP contribution in [0.3, 0.4) is 0 Å². The maximum absolute atomic E-state index is 12.5. The predicted octanol–water partition coefficient (Wildman–Crippen LogP) is -0.0636. The number of aliphatic hydroxyl groups excluding tert-OH is 1. The van der Waals surface area contributed by atoms with Gasteiger partial charge in [-0.25, -0.2) is 0 Å². The van der Waals surface area contributed by atoms with Crippen molar-refractivity contribution in [3.05, 3.63) is 0 Å². The van der Waals surface area contributed by atoms with Crippen LogP contribution in [-0.2, 0) is 9.53 Å². The maximum atomic E-state index is 12.5. The van der Waals surface area contributed by atoms with Gasteiger partial charge in [-0.3, -0.25) is 4.79 Å². The Labute approximate surface area is 109 Å². The van der Waals surface area contributed by atoms with Crippen molar-refractivity contribution < 1.29 is 14.6 Å². The molecule has 5 heteroatoms. The topological polar surface area (TPSA) is 53.0 Å². The molecular formula is C13H24N2O3. The van der Waals surface area contributed by atoms with Crippen LogP contribution in [0.25, 0.3) is 0 Å². The predicted molar refractivity (Wildman–Crippen MR) is 68.2 cm³/mol. The molecule has 2 saturated heterocycles. The second-order valence-electron chi connectivity index (χ2n) is 5.68. The zero-order chi connectivity index (χ0) is 13.1. The van der Waals surface area contributed by atoms with Crippen molar-refractivity contribution in [3.8, 4) is 0 Å². The molecule has 2 fully saturated rings. The zero-order valence-electron chi connectivity index (χ0n) is 11.3. The number of rotatable bonds is 3. The van der Waals surface area contributed by atoms with E-state index in [9.17, 15) is 9.90 Å². The Morgan fingerprint density at radius 1 is 1.39 bits per heavy atom. The first-order valence-electron chi connectivity index (χ1n) is 6.79. The third kappa shape index (κ3) is 3.22. The number of likely N-dealkylation sites (tertiary alicyclic amines) is 1. The maximum Gasteiger partial charge on any atom is 0.226 e. The Balaban J connectivity index is 1.97. The fourth-order valence-electron chi connectivity index (χ4n) is 2.94. The number of hydrogen-bond donors (Lipinski definition) is 1. The van der Waals surface area contributed by atoms with Crippen molar-refractivity contribution in [2.75, 3.05) is 40.4 Å². The Bertz CT molecular complexity index is 290. The third-order valence-electron chi connectivity index (χ3n) is 3.82. The van der Waals surface area contributed by atoms with Gasteiger partial charge in [-0.1, -0.05) is 0 Å². The number of nitrogens with zero attached hydrogens (tertiary/aromatic N) is 2. The van der Waals surface area contributed by atoms with Crippen molar-refractivity contribution in [2.45, 2.75) is 31.4 Å². The highest BCUT2D eigenvalue weighted by molar-refractivity contribution is 5.79. The van der Waals surface area contributed by atoms with Gasteiger partial charge < -0.3 is 19.6 Å². The van der Waals surface area contributed by atoms with Gasteiger partial charge in [0.2, 0.25) is 5.91 Å². The zero-order valence-corrected chi connectivity index (χ0v) is 11.3. The molecular weight excluding hydrogens is 232 g/mol. The first kappa shape index (κ1) is 13.8. The number of ether oxygens (including phenoxy) is 1. The lowest BCUT2D eigenvalue weighted by molar-refractivity contribution is -0.139. The van der Waals surface area contributed by atoms with Gasteiger partial charge in [0.25, 0.3) is 0 Å². The van der Waals surface area contributed by atoms with Gasteiger partial charge in [0, 0.05) is 38.3 Å². The molecule has 5 nitrogen and oxygen atoms in total. The molecule has 2 atom stereocenters. The summed E-state index contributed by atoms with van der Waals surface area (Å²) >= 11 is 0. The lowest BCUT2D eigenvalue weighted by atomic mass is 9.98. The van der Waals surface area contributed by atoms with Crippen LogP contribution < -0.4 is 0 Å². The summed E-state index contributed by atoms with van der Waals surface area (Å²) in [6, 6.07) is 0.158. The van der Waals surface area contributed by atoms with Crippen LogP contribution in [-0.4, -0.2) is 73.4 Å². The molecule has 2 aliphatic heterocycles. The normalized spacial score (nSPS) is 30.1. The average Bonchev–Trinajstić information content (AvgIpc) is 2.69. The van der Waals surface area contributed by atoms with Gasteiger partial charge in [0.1, 0.15) is 0 Å². The minimum absolute atomic E-state index is 0.0914. The van der Waals surface area contributed by atoms with Crippen molar-refractivity contribution in [2.24, 2.45) is 5.92 Å². The van der Waals surface area contributed by atoms with Crippen LogP contribution in [0.2, 0.25) is 0 Å². The summed E-state index contributed by atoms with van der Waals surface area (Å²) in [5, 5.41) is 9.79. The van der Waals surface area contributed by atoms with E-state index in [1.165, 1.54) is 0 Å². The van der Waals surface area contributed by atoms with Crippen molar-refractivity contribution in [3.63, 3.8) is 0 Å². The molecule has 0 radical (unpaired) electrons. The SMILES string of the molecule is CN(C)CC1CC(O)CN1C(=O)C1CCOCC1. The molecule has 1 amide bonds. The van der Waals surface area contributed by atoms with E-state index >= 15 is 0 Å². The van der Waals surface area contributed by atoms with Crippen molar-refractivity contribution in [1.29, 1.82) is 0 Å². The van der Waals surface area contributed by atoms with Crippen LogP contribution in [0.15, 0.2) is 0 Å². The summed E-state index contributed by atoms with van der Waals surface area (Å²) in [6.45, 7) is 2.69. The Kier molecular flexibility index (Phi) is 4.59. The van der Waals surface area contributed by atoms with Gasteiger partial charge in [0.15, 0.2) is 0 Å². The highest BCUT2D eigenvalue weighted by atomic mass is 16.5. The second-order valence-corrected chi connectivity index (χ2v) is 5.68. The Morgan fingerprint density at radius 3 is 2.67 bits per heavy atom. The molecule has 0 aromatic heterocycles. The molecule has 1 N–H and O–H groups in total. The van der Waals surface area contributed by atoms with Gasteiger partial charge >= 0.3 is 0 Å². The monoisotopic (exact) mass is 256 g/mol. The van der Waals surface area contributed by atoms with E-state index in [0.717, 1.165) is 19.4 Å². The van der Waals surface area contributed by atoms with Crippen LogP contribution in [0.5, 0.6) is 0 Å². The van der Waals surface area contributed by atoms with E-state index < -0.39 is 0 Å². The number of carbonyl (C=O) groups is 1. The molecule has 0 saturated carbocycles. The summed E-state index contributed by atoms with van der Waals surface area (Å²) in [7, 11) is 4.00. The van der Waals surface area contributed by atoms with E-state index in [0.29, 0.717) is 26.2 Å². The molecule has 104 valence electrons. The Hall–Kier alpha value is -0.650. The summed E-state index contributed by atoms with van der Waals surface area (Å²) in [5.74, 6) is 0.301. The standard InChI is InChI=1S/C13H24N2O3/c1-14(2)8-11-7-12(16)9-15(11)13(17)10-3-5-18-6-4-10/h10-12,16H,3-9H2,1-2H3. The van der Waals surface area contributed by atoms with Crippen LogP contribution >= 0.6 is 0 Å². The summed E-state index contributed by atoms with van der Waals surface area (Å²) in [4.78, 5) is 16.4. The minimum atomic E-state index is -0.362. The number of aliphatic hydroxyl groups is 1. The molecule has 0 aromatic carbocycles. The van der Waals surface area contributed by atoms with Gasteiger partial charge in [0.05, 0.1) is 6.10 Å². The first-order valence-corrected chi connectivity index (χ1v) is 6.79. The van der Waals surface area contributed by atoms with E-state index in [1.54, 1.807) is 0 Å². The quantitative estimate of drug-likeness (QED) is 0.768. The second kappa shape index (κ2) is 5.99. The van der Waals surface area contributed by atoms with E-state index in [4.69, 9.17) is 4.74 Å². The minimum Gasteiger partial charge on any atom is -0.391 e. The number of hydrogen-bond acceptors (Lipinski definition) is 4. The van der Waals surface area contributed by atoms with Crippen molar-refractivity contribution >= 4 is 5.91 Å². The van der Waals surface area contributed by atoms with Crippen molar-refractivity contribution in [1.82, 2.24) is 9.80 Å². The van der Waals surface area contributed by atoms with Gasteiger partial charge in [-0.2, -0.15) is 0 Å². The number of amides is 1. The Morgan fingerprint density at radius 2 is 2.06 bits per heavy atom. The average molecular weight is 256 g/mol. The first-order chi connectivity index (χ1) is 8.58. The summed E-state index contributed by atoms with van der Waals surface area (Å²) in [5.41, 5.74) is 0. The number of likely N-dealkylation sites (N-methyl/N-ethyl adjacent to an activating group) is 1. The molecule has 0 spiro atoms. The molecule has 0 aliphatic carbocycles. The van der Waals surface area contributed by atoms with E-state index in [-0.39, 0.29) is 24.0 Å². The van der Waals surface area contributed by atoms with Crippen LogP contribution in [0.1, 0.15) is 19.3 Å². The fraction of sp³-hybridized carbons (Fsp3) is 0.923. The smallest absolute Gasteiger partial charge is 0.226 e. The molecule has 0 bridgehead atoms.